The van der Waals surface area contributed by atoms with Gasteiger partial charge in [0.15, 0.2) is 11.5 Å². The van der Waals surface area contributed by atoms with Crippen LogP contribution in [0.2, 0.25) is 0 Å². The SMILES string of the molecule is COc1cccc(OCCCCBr)c1OCCCCBr. The van der Waals surface area contributed by atoms with E-state index in [2.05, 4.69) is 31.9 Å². The van der Waals surface area contributed by atoms with Crippen LogP contribution in [0.25, 0.3) is 0 Å². The van der Waals surface area contributed by atoms with E-state index in [-0.39, 0.29) is 0 Å². The van der Waals surface area contributed by atoms with E-state index in [0.29, 0.717) is 19.0 Å². The van der Waals surface area contributed by atoms with E-state index in [9.17, 15) is 0 Å². The number of hydrogen-bond acceptors (Lipinski definition) is 3. The Morgan fingerprint density at radius 1 is 0.850 bits per heavy atom. The Bertz CT molecular complexity index is 372. The smallest absolute Gasteiger partial charge is 0.203 e. The summed E-state index contributed by atoms with van der Waals surface area (Å²) in [5.41, 5.74) is 0. The number of para-hydroxylation sites is 1. The first-order chi connectivity index (χ1) is 9.83. The topological polar surface area (TPSA) is 27.7 Å². The standard InChI is InChI=1S/C15H22Br2O3/c1-18-13-7-6-8-14(19-11-4-2-9-16)15(13)20-12-5-3-10-17/h6-8H,2-5,9-12H2,1H3. The number of unbranched alkanes of at least 4 members (excludes halogenated alkanes) is 2. The third kappa shape index (κ3) is 6.35. The zero-order valence-electron chi connectivity index (χ0n) is 11.9. The van der Waals surface area contributed by atoms with Crippen LogP contribution in [0.5, 0.6) is 17.2 Å². The highest BCUT2D eigenvalue weighted by atomic mass is 79.9. The minimum Gasteiger partial charge on any atom is -0.493 e. The first-order valence-electron chi connectivity index (χ1n) is 6.88. The highest BCUT2D eigenvalue weighted by molar-refractivity contribution is 9.09. The molecule has 0 saturated carbocycles. The monoisotopic (exact) mass is 408 g/mol. The van der Waals surface area contributed by atoms with Crippen molar-refractivity contribution < 1.29 is 14.2 Å². The number of benzene rings is 1. The van der Waals surface area contributed by atoms with Crippen LogP contribution in [0.15, 0.2) is 18.2 Å². The molecule has 20 heavy (non-hydrogen) atoms. The first kappa shape index (κ1) is 17.6. The highest BCUT2D eigenvalue weighted by Crippen LogP contribution is 2.37. The molecular weight excluding hydrogens is 388 g/mol. The quantitative estimate of drug-likeness (QED) is 0.388. The molecule has 0 amide bonds. The molecule has 0 unspecified atom stereocenters. The normalized spacial score (nSPS) is 10.3. The molecule has 0 heterocycles. The molecule has 0 radical (unpaired) electrons. The molecule has 0 fully saturated rings. The number of methoxy groups -OCH3 is 1. The molecule has 1 rings (SSSR count). The van der Waals surface area contributed by atoms with Crippen LogP contribution < -0.4 is 14.2 Å². The van der Waals surface area contributed by atoms with Crippen LogP contribution in [0.3, 0.4) is 0 Å². The minimum atomic E-state index is 0.670. The van der Waals surface area contributed by atoms with E-state index in [1.54, 1.807) is 7.11 Å². The molecular formula is C15H22Br2O3. The second-order valence-corrected chi connectivity index (χ2v) is 5.86. The van der Waals surface area contributed by atoms with Crippen LogP contribution in [0.1, 0.15) is 25.7 Å². The molecule has 0 atom stereocenters. The van der Waals surface area contributed by atoms with E-state index in [1.165, 1.54) is 0 Å². The van der Waals surface area contributed by atoms with Gasteiger partial charge in [-0.1, -0.05) is 37.9 Å². The summed E-state index contributed by atoms with van der Waals surface area (Å²) in [6, 6.07) is 5.74. The van der Waals surface area contributed by atoms with Crippen molar-refractivity contribution in [2.45, 2.75) is 25.7 Å². The van der Waals surface area contributed by atoms with Gasteiger partial charge < -0.3 is 14.2 Å². The lowest BCUT2D eigenvalue weighted by Crippen LogP contribution is -2.04. The maximum atomic E-state index is 5.84. The third-order valence-electron chi connectivity index (χ3n) is 2.72. The molecule has 0 aliphatic rings. The maximum Gasteiger partial charge on any atom is 0.203 e. The highest BCUT2D eigenvalue weighted by Gasteiger charge is 2.11. The van der Waals surface area contributed by atoms with Gasteiger partial charge >= 0.3 is 0 Å². The molecule has 0 aliphatic carbocycles. The first-order valence-corrected chi connectivity index (χ1v) is 9.12. The summed E-state index contributed by atoms with van der Waals surface area (Å²) in [5, 5.41) is 2.00. The van der Waals surface area contributed by atoms with Gasteiger partial charge in [-0.15, -0.1) is 0 Å². The fourth-order valence-corrected chi connectivity index (χ4v) is 2.45. The average molecular weight is 410 g/mol. The summed E-state index contributed by atoms with van der Waals surface area (Å²) in [4.78, 5) is 0. The lowest BCUT2D eigenvalue weighted by molar-refractivity contribution is 0.250. The fourth-order valence-electron chi connectivity index (χ4n) is 1.66. The van der Waals surface area contributed by atoms with Gasteiger partial charge in [-0.2, -0.15) is 0 Å². The number of rotatable bonds is 11. The molecule has 0 bridgehead atoms. The van der Waals surface area contributed by atoms with Gasteiger partial charge in [0.25, 0.3) is 0 Å². The lowest BCUT2D eigenvalue weighted by atomic mass is 10.3. The molecule has 3 nitrogen and oxygen atoms in total. The zero-order chi connectivity index (χ0) is 14.6. The summed E-state index contributed by atoms with van der Waals surface area (Å²) >= 11 is 6.84. The summed E-state index contributed by atoms with van der Waals surface area (Å²) in [6.07, 6.45) is 4.22. The van der Waals surface area contributed by atoms with Crippen molar-refractivity contribution in [1.29, 1.82) is 0 Å². The Balaban J connectivity index is 2.61. The minimum absolute atomic E-state index is 0.670. The molecule has 1 aromatic carbocycles. The Morgan fingerprint density at radius 3 is 2.05 bits per heavy atom. The average Bonchev–Trinajstić information content (AvgIpc) is 2.48. The van der Waals surface area contributed by atoms with Crippen molar-refractivity contribution in [3.63, 3.8) is 0 Å². The van der Waals surface area contributed by atoms with E-state index in [4.69, 9.17) is 14.2 Å². The Hall–Kier alpha value is -0.420. The van der Waals surface area contributed by atoms with Crippen molar-refractivity contribution in [3.05, 3.63) is 18.2 Å². The molecule has 5 heteroatoms. The lowest BCUT2D eigenvalue weighted by Gasteiger charge is -2.15. The van der Waals surface area contributed by atoms with E-state index in [1.807, 2.05) is 18.2 Å². The maximum absolute atomic E-state index is 5.84. The van der Waals surface area contributed by atoms with Gasteiger partial charge in [0.2, 0.25) is 5.75 Å². The van der Waals surface area contributed by atoms with Gasteiger partial charge in [0.1, 0.15) is 0 Å². The van der Waals surface area contributed by atoms with Gasteiger partial charge in [-0.25, -0.2) is 0 Å². The van der Waals surface area contributed by atoms with Gasteiger partial charge in [-0.05, 0) is 37.8 Å². The molecule has 1 aromatic rings. The second kappa shape index (κ2) is 11.3. The largest absolute Gasteiger partial charge is 0.493 e. The van der Waals surface area contributed by atoms with Crippen LogP contribution in [0, 0.1) is 0 Å². The van der Waals surface area contributed by atoms with Gasteiger partial charge in [-0.3, -0.25) is 0 Å². The Labute approximate surface area is 138 Å². The van der Waals surface area contributed by atoms with Crippen molar-refractivity contribution >= 4 is 31.9 Å². The van der Waals surface area contributed by atoms with Crippen molar-refractivity contribution in [1.82, 2.24) is 0 Å². The number of hydrogen-bond donors (Lipinski definition) is 0. The summed E-state index contributed by atoms with van der Waals surface area (Å²) in [7, 11) is 1.65. The van der Waals surface area contributed by atoms with Crippen LogP contribution >= 0.6 is 31.9 Å². The molecule has 0 spiro atoms. The third-order valence-corrected chi connectivity index (χ3v) is 3.84. The van der Waals surface area contributed by atoms with Gasteiger partial charge in [0, 0.05) is 10.7 Å². The van der Waals surface area contributed by atoms with E-state index >= 15 is 0 Å². The predicted molar refractivity (Wildman–Crippen MR) is 90.0 cm³/mol. The van der Waals surface area contributed by atoms with Crippen molar-refractivity contribution in [3.8, 4) is 17.2 Å². The van der Waals surface area contributed by atoms with E-state index in [0.717, 1.165) is 47.8 Å². The molecule has 114 valence electrons. The number of alkyl halides is 2. The van der Waals surface area contributed by atoms with Gasteiger partial charge in [0.05, 0.1) is 20.3 Å². The van der Waals surface area contributed by atoms with Crippen molar-refractivity contribution in [2.24, 2.45) is 0 Å². The molecule has 0 N–H and O–H groups in total. The Kier molecular flexibility index (Phi) is 9.93. The molecule has 0 saturated heterocycles. The summed E-state index contributed by atoms with van der Waals surface area (Å²) < 4.78 is 17.0. The molecule has 0 aliphatic heterocycles. The van der Waals surface area contributed by atoms with E-state index < -0.39 is 0 Å². The second-order valence-electron chi connectivity index (χ2n) is 4.28. The Morgan fingerprint density at radius 2 is 1.45 bits per heavy atom. The van der Waals surface area contributed by atoms with Crippen LogP contribution in [-0.4, -0.2) is 31.0 Å². The predicted octanol–water partition coefficient (Wildman–Crippen LogP) is 4.80. The zero-order valence-corrected chi connectivity index (χ0v) is 15.0. The van der Waals surface area contributed by atoms with Crippen LogP contribution in [0.4, 0.5) is 0 Å². The molecule has 0 aromatic heterocycles. The summed E-state index contributed by atoms with van der Waals surface area (Å²) in [6.45, 7) is 1.36. The number of halogens is 2. The fraction of sp³-hybridized carbons (Fsp3) is 0.600. The summed E-state index contributed by atoms with van der Waals surface area (Å²) in [5.74, 6) is 2.20. The van der Waals surface area contributed by atoms with Crippen LogP contribution in [-0.2, 0) is 0 Å². The number of ether oxygens (including phenoxy) is 3. The van der Waals surface area contributed by atoms with Crippen molar-refractivity contribution in [2.75, 3.05) is 31.0 Å².